The van der Waals surface area contributed by atoms with Crippen LogP contribution in [0.1, 0.15) is 25.2 Å². The van der Waals surface area contributed by atoms with Crippen LogP contribution in [0.25, 0.3) is 28.2 Å². The van der Waals surface area contributed by atoms with Crippen LogP contribution in [-0.2, 0) is 7.05 Å². The van der Waals surface area contributed by atoms with Gasteiger partial charge in [0.05, 0.1) is 24.1 Å². The third-order valence-electron chi connectivity index (χ3n) is 5.92. The fourth-order valence-corrected chi connectivity index (χ4v) is 4.40. The van der Waals surface area contributed by atoms with Gasteiger partial charge in [-0.25, -0.2) is 9.97 Å². The van der Waals surface area contributed by atoms with Gasteiger partial charge in [-0.05, 0) is 18.1 Å². The predicted molar refractivity (Wildman–Crippen MR) is 124 cm³/mol. The largest absolute Gasteiger partial charge is 0.311 e. The fraction of sp³-hybridized carbons (Fsp3) is 0.167. The minimum atomic E-state index is -0.0296. The van der Waals surface area contributed by atoms with Gasteiger partial charge < -0.3 is 4.90 Å². The second-order valence-corrected chi connectivity index (χ2v) is 7.92. The molecule has 0 bridgehead atoms. The molecule has 9 nitrogen and oxygen atoms in total. The molecular formula is C24H21N9. The number of aryl methyl sites for hydroxylation is 1. The Bertz CT molecular complexity index is 1440. The second-order valence-electron chi connectivity index (χ2n) is 7.92. The number of anilines is 2. The molecule has 0 aliphatic carbocycles. The molecule has 0 radical (unpaired) electrons. The van der Waals surface area contributed by atoms with Crippen molar-refractivity contribution < 1.29 is 0 Å². The highest BCUT2D eigenvalue weighted by atomic mass is 15.4. The zero-order chi connectivity index (χ0) is 22.4. The van der Waals surface area contributed by atoms with Gasteiger partial charge >= 0.3 is 0 Å². The quantitative estimate of drug-likeness (QED) is 0.419. The van der Waals surface area contributed by atoms with Gasteiger partial charge in [-0.1, -0.05) is 37.3 Å². The lowest BCUT2D eigenvalue weighted by atomic mass is 10.0. The van der Waals surface area contributed by atoms with Crippen molar-refractivity contribution in [1.29, 1.82) is 0 Å². The summed E-state index contributed by atoms with van der Waals surface area (Å²) in [6, 6.07) is 12.1. The van der Waals surface area contributed by atoms with Gasteiger partial charge in [-0.2, -0.15) is 5.10 Å². The van der Waals surface area contributed by atoms with Crippen molar-refractivity contribution in [3.63, 3.8) is 0 Å². The summed E-state index contributed by atoms with van der Waals surface area (Å²) in [5, 5.41) is 13.0. The number of pyridine rings is 1. The number of hydrogen-bond donors (Lipinski definition) is 0. The third kappa shape index (κ3) is 3.08. The average molecular weight is 435 g/mol. The van der Waals surface area contributed by atoms with Crippen LogP contribution in [0.4, 0.5) is 11.5 Å². The van der Waals surface area contributed by atoms with Crippen LogP contribution in [0.3, 0.4) is 0 Å². The van der Waals surface area contributed by atoms with Crippen LogP contribution in [0, 0.1) is 0 Å². The predicted octanol–water partition coefficient (Wildman–Crippen LogP) is 4.12. The van der Waals surface area contributed by atoms with Gasteiger partial charge in [0, 0.05) is 36.8 Å². The van der Waals surface area contributed by atoms with Crippen LogP contribution in [-0.4, -0.2) is 39.5 Å². The summed E-state index contributed by atoms with van der Waals surface area (Å²) in [7, 11) is 1.91. The molecule has 9 heteroatoms. The maximum atomic E-state index is 5.09. The first-order chi connectivity index (χ1) is 16.2. The first kappa shape index (κ1) is 19.3. The van der Waals surface area contributed by atoms with E-state index in [1.54, 1.807) is 17.2 Å². The first-order valence-corrected chi connectivity index (χ1v) is 10.8. The van der Waals surface area contributed by atoms with Crippen molar-refractivity contribution in [3.8, 4) is 28.2 Å². The van der Waals surface area contributed by atoms with Crippen molar-refractivity contribution in [3.05, 3.63) is 79.5 Å². The van der Waals surface area contributed by atoms with E-state index in [-0.39, 0.29) is 6.04 Å². The van der Waals surface area contributed by atoms with Crippen molar-refractivity contribution in [2.45, 2.75) is 19.4 Å². The Kier molecular flexibility index (Phi) is 4.46. The molecule has 1 atom stereocenters. The summed E-state index contributed by atoms with van der Waals surface area (Å²) in [6.45, 7) is 2.14. The number of hydrogen-bond acceptors (Lipinski definition) is 7. The van der Waals surface area contributed by atoms with Crippen molar-refractivity contribution in [2.24, 2.45) is 7.05 Å². The first-order valence-electron chi connectivity index (χ1n) is 10.8. The maximum Gasteiger partial charge on any atom is 0.162 e. The molecule has 1 aromatic carbocycles. The molecule has 1 aliphatic rings. The summed E-state index contributed by atoms with van der Waals surface area (Å²) in [5.41, 5.74) is 4.76. The van der Waals surface area contributed by atoms with Crippen LogP contribution in [0.2, 0.25) is 0 Å². The van der Waals surface area contributed by atoms with Crippen LogP contribution < -0.4 is 4.90 Å². The molecule has 6 rings (SSSR count). The number of benzene rings is 1. The fourth-order valence-electron chi connectivity index (χ4n) is 4.40. The molecule has 33 heavy (non-hydrogen) atoms. The number of nitrogens with zero attached hydrogens (tertiary/aromatic N) is 9. The summed E-state index contributed by atoms with van der Waals surface area (Å²) >= 11 is 0. The zero-order valence-corrected chi connectivity index (χ0v) is 18.2. The molecule has 5 heterocycles. The molecule has 0 amide bonds. The lowest BCUT2D eigenvalue weighted by Gasteiger charge is -2.35. The molecule has 0 fully saturated rings. The summed E-state index contributed by atoms with van der Waals surface area (Å²) in [4.78, 5) is 16.4. The molecule has 4 aromatic heterocycles. The molecule has 1 unspecified atom stereocenters. The monoisotopic (exact) mass is 435 g/mol. The van der Waals surface area contributed by atoms with E-state index in [4.69, 9.17) is 9.97 Å². The van der Waals surface area contributed by atoms with E-state index in [1.807, 2.05) is 60.7 Å². The lowest BCUT2D eigenvalue weighted by molar-refractivity contribution is 0.589. The van der Waals surface area contributed by atoms with E-state index in [0.29, 0.717) is 5.82 Å². The van der Waals surface area contributed by atoms with E-state index < -0.39 is 0 Å². The van der Waals surface area contributed by atoms with Gasteiger partial charge in [0.15, 0.2) is 17.5 Å². The molecular weight excluding hydrogens is 414 g/mol. The topological polar surface area (TPSA) is 90.4 Å². The molecule has 0 spiro atoms. The van der Waals surface area contributed by atoms with Gasteiger partial charge in [-0.15, -0.1) is 10.2 Å². The Morgan fingerprint density at radius 3 is 2.67 bits per heavy atom. The minimum absolute atomic E-state index is 0.0296. The van der Waals surface area contributed by atoms with E-state index in [9.17, 15) is 0 Å². The number of aromatic nitrogens is 8. The summed E-state index contributed by atoms with van der Waals surface area (Å²) < 4.78 is 3.77. The minimum Gasteiger partial charge on any atom is -0.311 e. The third-order valence-corrected chi connectivity index (χ3v) is 5.92. The molecule has 0 saturated heterocycles. The summed E-state index contributed by atoms with van der Waals surface area (Å²) in [5.74, 6) is 2.29. The second kappa shape index (κ2) is 7.63. The Balaban J connectivity index is 1.57. The SMILES string of the molecule is CCC1c2nncn2-c2cnc(-c3ccncc3-c3ccccc3)nc2N1c1cnn(C)c1. The maximum absolute atomic E-state index is 5.09. The highest BCUT2D eigenvalue weighted by Gasteiger charge is 2.35. The van der Waals surface area contributed by atoms with Crippen molar-refractivity contribution in [1.82, 2.24) is 39.5 Å². The Labute approximate surface area is 190 Å². The number of rotatable bonds is 4. The van der Waals surface area contributed by atoms with E-state index in [1.165, 1.54) is 0 Å². The molecule has 1 aliphatic heterocycles. The van der Waals surface area contributed by atoms with Gasteiger partial charge in [-0.3, -0.25) is 14.2 Å². The highest BCUT2D eigenvalue weighted by molar-refractivity contribution is 5.81. The van der Waals surface area contributed by atoms with Crippen molar-refractivity contribution in [2.75, 3.05) is 4.90 Å². The Morgan fingerprint density at radius 2 is 1.88 bits per heavy atom. The lowest BCUT2D eigenvalue weighted by Crippen LogP contribution is -2.32. The highest BCUT2D eigenvalue weighted by Crippen LogP contribution is 2.43. The van der Waals surface area contributed by atoms with Crippen molar-refractivity contribution >= 4 is 11.5 Å². The van der Waals surface area contributed by atoms with Crippen LogP contribution in [0.15, 0.2) is 73.7 Å². The summed E-state index contributed by atoms with van der Waals surface area (Å²) in [6.07, 6.45) is 11.9. The normalized spacial score (nSPS) is 14.7. The van der Waals surface area contributed by atoms with Gasteiger partial charge in [0.25, 0.3) is 0 Å². The van der Waals surface area contributed by atoms with E-state index in [2.05, 4.69) is 44.2 Å². The standard InChI is InChI=1S/C24H21N9/c1-3-20-24-30-27-15-32(24)21-13-26-22(29-23(21)33(20)17-11-28-31(2)14-17)18-9-10-25-12-19(18)16-7-5-4-6-8-16/h4-15,20H,3H2,1-2H3. The van der Waals surface area contributed by atoms with E-state index in [0.717, 1.165) is 46.1 Å². The number of fused-ring (bicyclic) bond motifs is 3. The molecule has 0 N–H and O–H groups in total. The molecule has 0 saturated carbocycles. The van der Waals surface area contributed by atoms with E-state index >= 15 is 0 Å². The average Bonchev–Trinajstić information content (AvgIpc) is 3.52. The Hall–Kier alpha value is -4.40. The Morgan fingerprint density at radius 1 is 1.00 bits per heavy atom. The van der Waals surface area contributed by atoms with Crippen LogP contribution >= 0.6 is 0 Å². The molecule has 162 valence electrons. The molecule has 5 aromatic rings. The smallest absolute Gasteiger partial charge is 0.162 e. The van der Waals surface area contributed by atoms with Gasteiger partial charge in [0.2, 0.25) is 0 Å². The zero-order valence-electron chi connectivity index (χ0n) is 18.2. The van der Waals surface area contributed by atoms with Crippen LogP contribution in [0.5, 0.6) is 0 Å². The van der Waals surface area contributed by atoms with Gasteiger partial charge in [0.1, 0.15) is 12.0 Å².